The molecule has 1 aromatic carbocycles. The van der Waals surface area contributed by atoms with Crippen molar-refractivity contribution in [3.05, 3.63) is 23.3 Å². The molecule has 1 spiro atoms. The number of hydrogen-bond donors (Lipinski definition) is 1. The van der Waals surface area contributed by atoms with Crippen molar-refractivity contribution in [1.29, 1.82) is 0 Å². The quantitative estimate of drug-likeness (QED) is 0.807. The van der Waals surface area contributed by atoms with Gasteiger partial charge in [-0.1, -0.05) is 6.42 Å². The topological polar surface area (TPSA) is 85.3 Å². The molecule has 2 heterocycles. The molecule has 0 radical (unpaired) electrons. The van der Waals surface area contributed by atoms with Crippen molar-refractivity contribution in [3.8, 4) is 11.5 Å². The molecule has 1 aromatic rings. The van der Waals surface area contributed by atoms with Gasteiger partial charge in [-0.3, -0.25) is 9.59 Å². The van der Waals surface area contributed by atoms with E-state index in [0.29, 0.717) is 43.7 Å². The van der Waals surface area contributed by atoms with E-state index in [2.05, 4.69) is 0 Å². The number of carbonyl (C=O) groups excluding carboxylic acids is 2. The van der Waals surface area contributed by atoms with Crippen LogP contribution >= 0.6 is 0 Å². The Labute approximate surface area is 158 Å². The summed E-state index contributed by atoms with van der Waals surface area (Å²) in [6, 6.07) is 3.80. The molecule has 7 heteroatoms. The number of carbonyl (C=O) groups is 2. The molecule has 1 N–H and O–H groups in total. The number of esters is 1. The third-order valence-electron chi connectivity index (χ3n) is 6.29. The molecular formula is C20H25NO6. The predicted octanol–water partition coefficient (Wildman–Crippen LogP) is 1.53. The van der Waals surface area contributed by atoms with Crippen LogP contribution in [0.1, 0.15) is 43.7 Å². The van der Waals surface area contributed by atoms with Crippen LogP contribution in [0.4, 0.5) is 0 Å². The van der Waals surface area contributed by atoms with Crippen LogP contribution in [0.25, 0.3) is 0 Å². The molecule has 1 amide bonds. The minimum Gasteiger partial charge on any atom is -0.493 e. The Morgan fingerprint density at radius 1 is 1.19 bits per heavy atom. The SMILES string of the molecule is COc1cc2c(cc1OC)[C@@]13CCCC[C@@](O)(C(=O)N1CC2)[C@H]3OC(C)=O. The Morgan fingerprint density at radius 3 is 2.52 bits per heavy atom. The normalized spacial score (nSPS) is 31.6. The smallest absolute Gasteiger partial charge is 0.303 e. The van der Waals surface area contributed by atoms with Gasteiger partial charge in [0.05, 0.1) is 14.2 Å². The van der Waals surface area contributed by atoms with Crippen LogP contribution in [-0.4, -0.2) is 54.4 Å². The summed E-state index contributed by atoms with van der Waals surface area (Å²) >= 11 is 0. The first-order chi connectivity index (χ1) is 12.9. The van der Waals surface area contributed by atoms with Gasteiger partial charge in [-0.2, -0.15) is 0 Å². The highest BCUT2D eigenvalue weighted by Crippen LogP contribution is 2.56. The molecule has 1 saturated heterocycles. The van der Waals surface area contributed by atoms with Crippen molar-refractivity contribution in [3.63, 3.8) is 0 Å². The molecule has 2 bridgehead atoms. The summed E-state index contributed by atoms with van der Waals surface area (Å²) < 4.78 is 16.6. The second kappa shape index (κ2) is 6.12. The third-order valence-corrected chi connectivity index (χ3v) is 6.29. The van der Waals surface area contributed by atoms with Crippen molar-refractivity contribution in [2.45, 2.75) is 56.3 Å². The van der Waals surface area contributed by atoms with Crippen molar-refractivity contribution in [2.75, 3.05) is 20.8 Å². The fourth-order valence-corrected chi connectivity index (χ4v) is 5.20. The number of ether oxygens (including phenoxy) is 3. The monoisotopic (exact) mass is 375 g/mol. The van der Waals surface area contributed by atoms with Gasteiger partial charge in [0.2, 0.25) is 0 Å². The van der Waals surface area contributed by atoms with Gasteiger partial charge < -0.3 is 24.2 Å². The molecule has 0 unspecified atom stereocenters. The molecule has 1 aliphatic carbocycles. The van der Waals surface area contributed by atoms with Crippen LogP contribution in [-0.2, 0) is 26.3 Å². The lowest BCUT2D eigenvalue weighted by Gasteiger charge is -2.46. The molecule has 3 aliphatic rings. The lowest BCUT2D eigenvalue weighted by Crippen LogP contribution is -2.54. The molecule has 7 nitrogen and oxygen atoms in total. The Hall–Kier alpha value is -2.28. The van der Waals surface area contributed by atoms with Crippen LogP contribution < -0.4 is 9.47 Å². The van der Waals surface area contributed by atoms with E-state index in [4.69, 9.17) is 14.2 Å². The summed E-state index contributed by atoms with van der Waals surface area (Å²) in [6.45, 7) is 1.79. The molecule has 1 saturated carbocycles. The predicted molar refractivity (Wildman–Crippen MR) is 95.6 cm³/mol. The highest BCUT2D eigenvalue weighted by molar-refractivity contribution is 5.91. The number of amides is 1. The zero-order valence-electron chi connectivity index (χ0n) is 15.9. The lowest BCUT2D eigenvalue weighted by atomic mass is 9.74. The number of aliphatic hydroxyl groups is 1. The van der Waals surface area contributed by atoms with Gasteiger partial charge in [0.25, 0.3) is 5.91 Å². The Kier molecular flexibility index (Phi) is 4.10. The standard InChI is InChI=1S/C20H25NO6/c1-12(22)27-17-19-7-4-5-8-20(17,24)18(23)21(19)9-6-13-10-15(25-2)16(26-3)11-14(13)19/h10-11,17,24H,4-9H2,1-3H3/t17-,19+,20-/m0/s1. The summed E-state index contributed by atoms with van der Waals surface area (Å²) in [5, 5.41) is 11.3. The van der Waals surface area contributed by atoms with E-state index < -0.39 is 23.2 Å². The highest BCUT2D eigenvalue weighted by atomic mass is 16.6. The average molecular weight is 375 g/mol. The van der Waals surface area contributed by atoms with Crippen LogP contribution in [0.5, 0.6) is 11.5 Å². The van der Waals surface area contributed by atoms with Crippen LogP contribution in [0.15, 0.2) is 12.1 Å². The van der Waals surface area contributed by atoms with E-state index in [9.17, 15) is 14.7 Å². The summed E-state index contributed by atoms with van der Waals surface area (Å²) in [5.74, 6) is 0.343. The van der Waals surface area contributed by atoms with E-state index in [-0.39, 0.29) is 5.91 Å². The maximum absolute atomic E-state index is 13.2. The largest absolute Gasteiger partial charge is 0.493 e. The maximum atomic E-state index is 13.2. The summed E-state index contributed by atoms with van der Waals surface area (Å²) in [5.41, 5.74) is -0.651. The third kappa shape index (κ3) is 2.30. The van der Waals surface area contributed by atoms with Crippen molar-refractivity contribution in [2.24, 2.45) is 0 Å². The molecule has 3 atom stereocenters. The molecule has 0 aromatic heterocycles. The van der Waals surface area contributed by atoms with Gasteiger partial charge in [0.1, 0.15) is 5.54 Å². The molecule has 4 rings (SSSR count). The van der Waals surface area contributed by atoms with E-state index >= 15 is 0 Å². The Balaban J connectivity index is 1.98. The second-order valence-corrected chi connectivity index (χ2v) is 7.62. The zero-order chi connectivity index (χ0) is 19.4. The summed E-state index contributed by atoms with van der Waals surface area (Å²) in [4.78, 5) is 26.8. The van der Waals surface area contributed by atoms with E-state index in [1.165, 1.54) is 6.92 Å². The fraction of sp³-hybridized carbons (Fsp3) is 0.600. The molecule has 2 aliphatic heterocycles. The van der Waals surface area contributed by atoms with E-state index in [1.54, 1.807) is 19.1 Å². The van der Waals surface area contributed by atoms with Gasteiger partial charge >= 0.3 is 5.97 Å². The minimum atomic E-state index is -1.68. The number of methoxy groups -OCH3 is 2. The van der Waals surface area contributed by atoms with Gasteiger partial charge in [-0.25, -0.2) is 0 Å². The first kappa shape index (κ1) is 18.1. The number of benzene rings is 1. The summed E-state index contributed by atoms with van der Waals surface area (Å²) in [6.07, 6.45) is 2.17. The first-order valence-electron chi connectivity index (χ1n) is 9.35. The number of hydrogen-bond acceptors (Lipinski definition) is 6. The average Bonchev–Trinajstić information content (AvgIpc) is 2.74. The number of rotatable bonds is 3. The molecule has 2 fully saturated rings. The fourth-order valence-electron chi connectivity index (χ4n) is 5.20. The van der Waals surface area contributed by atoms with Gasteiger partial charge in [0.15, 0.2) is 23.2 Å². The van der Waals surface area contributed by atoms with Gasteiger partial charge in [-0.15, -0.1) is 0 Å². The van der Waals surface area contributed by atoms with Gasteiger partial charge in [0, 0.05) is 13.5 Å². The minimum absolute atomic E-state index is 0.296. The molecule has 27 heavy (non-hydrogen) atoms. The molecular weight excluding hydrogens is 350 g/mol. The Morgan fingerprint density at radius 2 is 1.85 bits per heavy atom. The highest BCUT2D eigenvalue weighted by Gasteiger charge is 2.70. The van der Waals surface area contributed by atoms with Crippen LogP contribution in [0.2, 0.25) is 0 Å². The second-order valence-electron chi connectivity index (χ2n) is 7.62. The van der Waals surface area contributed by atoms with Gasteiger partial charge in [-0.05, 0) is 48.9 Å². The van der Waals surface area contributed by atoms with Crippen molar-refractivity contribution < 1.29 is 28.9 Å². The maximum Gasteiger partial charge on any atom is 0.303 e. The van der Waals surface area contributed by atoms with E-state index in [0.717, 1.165) is 17.5 Å². The van der Waals surface area contributed by atoms with E-state index in [1.807, 2.05) is 12.1 Å². The first-order valence-corrected chi connectivity index (χ1v) is 9.35. The van der Waals surface area contributed by atoms with Crippen molar-refractivity contribution >= 4 is 11.9 Å². The lowest BCUT2D eigenvalue weighted by molar-refractivity contribution is -0.168. The molecule has 146 valence electrons. The summed E-state index contributed by atoms with van der Waals surface area (Å²) in [7, 11) is 3.15. The zero-order valence-corrected chi connectivity index (χ0v) is 15.9. The van der Waals surface area contributed by atoms with Crippen LogP contribution in [0.3, 0.4) is 0 Å². The number of fused-ring (bicyclic) bond motifs is 2. The van der Waals surface area contributed by atoms with Crippen LogP contribution in [0, 0.1) is 0 Å². The Bertz CT molecular complexity index is 808. The number of nitrogens with zero attached hydrogens (tertiary/aromatic N) is 1. The van der Waals surface area contributed by atoms with Crippen molar-refractivity contribution in [1.82, 2.24) is 4.90 Å².